The van der Waals surface area contributed by atoms with E-state index in [-0.39, 0.29) is 0 Å². The summed E-state index contributed by atoms with van der Waals surface area (Å²) in [6.45, 7) is 0. The molecule has 0 radical (unpaired) electrons. The molecule has 98 valence electrons. The molecular weight excluding hydrogens is 317 g/mol. The maximum absolute atomic E-state index is 12.7. The molecule has 4 nitrogen and oxygen atoms in total. The lowest BCUT2D eigenvalue weighted by Crippen LogP contribution is -2.26. The molecule has 2 rings (SSSR count). The molecule has 0 N–H and O–H groups in total. The minimum absolute atomic E-state index is 0.442. The predicted octanol–water partition coefficient (Wildman–Crippen LogP) is 3.81. The summed E-state index contributed by atoms with van der Waals surface area (Å²) < 4.78 is 23.8. The summed E-state index contributed by atoms with van der Waals surface area (Å²) in [5.74, 6) is -0.442. The molecule has 0 fully saturated rings. The third kappa shape index (κ3) is 2.16. The number of halogens is 1. The van der Waals surface area contributed by atoms with Crippen LogP contribution in [-0.4, -0.2) is 26.2 Å². The topological polar surface area (TPSA) is 38.8 Å². The van der Waals surface area contributed by atoms with Gasteiger partial charge >= 0.3 is 7.60 Å². The predicted molar refractivity (Wildman–Crippen MR) is 75.5 cm³/mol. The van der Waals surface area contributed by atoms with Gasteiger partial charge in [-0.05, 0) is 33.1 Å². The van der Waals surface area contributed by atoms with Gasteiger partial charge in [0.2, 0.25) is 0 Å². The van der Waals surface area contributed by atoms with E-state index in [4.69, 9.17) is 9.05 Å². The average Bonchev–Trinajstić information content (AvgIpc) is 2.39. The number of rotatable bonds is 3. The first-order valence-corrected chi connectivity index (χ1v) is 7.84. The minimum atomic E-state index is -3.23. The molecule has 1 aliphatic rings. The summed E-state index contributed by atoms with van der Waals surface area (Å²) in [5, 5.41) is 0. The highest BCUT2D eigenvalue weighted by molar-refractivity contribution is 9.11. The number of hydrogen-bond donors (Lipinski definition) is 0. The highest BCUT2D eigenvalue weighted by Crippen LogP contribution is 2.63. The van der Waals surface area contributed by atoms with E-state index in [9.17, 15) is 4.57 Å². The Morgan fingerprint density at radius 2 is 1.89 bits per heavy atom. The van der Waals surface area contributed by atoms with Gasteiger partial charge in [0, 0.05) is 21.3 Å². The van der Waals surface area contributed by atoms with Crippen LogP contribution in [0.3, 0.4) is 0 Å². The van der Waals surface area contributed by atoms with Gasteiger partial charge in [0.25, 0.3) is 0 Å². The normalized spacial score (nSPS) is 19.4. The molecule has 1 heterocycles. The van der Waals surface area contributed by atoms with E-state index in [0.29, 0.717) is 0 Å². The van der Waals surface area contributed by atoms with Crippen LogP contribution in [0, 0.1) is 0 Å². The summed E-state index contributed by atoms with van der Waals surface area (Å²) in [7, 11) is 1.45. The lowest BCUT2D eigenvalue weighted by Gasteiger charge is -2.37. The Kier molecular flexibility index (Phi) is 3.97. The molecule has 1 aromatic carbocycles. The second-order valence-corrected chi connectivity index (χ2v) is 7.10. The van der Waals surface area contributed by atoms with Crippen molar-refractivity contribution in [2.24, 2.45) is 0 Å². The molecule has 0 amide bonds. The first-order chi connectivity index (χ1) is 8.53. The van der Waals surface area contributed by atoms with Crippen molar-refractivity contribution in [3.8, 4) is 0 Å². The van der Waals surface area contributed by atoms with Crippen molar-refractivity contribution < 1.29 is 13.6 Å². The lowest BCUT2D eigenvalue weighted by atomic mass is 10.0. The summed E-state index contributed by atoms with van der Waals surface area (Å²) in [6, 6.07) is 7.79. The van der Waals surface area contributed by atoms with Crippen molar-refractivity contribution in [3.05, 3.63) is 40.0 Å². The molecule has 1 atom stereocenters. The molecule has 6 heteroatoms. The first kappa shape index (κ1) is 13.8. The summed E-state index contributed by atoms with van der Waals surface area (Å²) >= 11 is 3.47. The van der Waals surface area contributed by atoms with E-state index >= 15 is 0 Å². The Balaban J connectivity index is 2.60. The Morgan fingerprint density at radius 3 is 2.50 bits per heavy atom. The number of nitrogens with zero attached hydrogens (tertiary/aromatic N) is 1. The van der Waals surface area contributed by atoms with E-state index in [2.05, 4.69) is 15.9 Å². The van der Waals surface area contributed by atoms with Crippen LogP contribution in [0.2, 0.25) is 0 Å². The van der Waals surface area contributed by atoms with Crippen LogP contribution >= 0.6 is 23.5 Å². The molecule has 1 unspecified atom stereocenters. The first-order valence-electron chi connectivity index (χ1n) is 5.43. The van der Waals surface area contributed by atoms with Gasteiger partial charge in [0.05, 0.1) is 4.61 Å². The highest BCUT2D eigenvalue weighted by Gasteiger charge is 2.41. The number of hydrogen-bond acceptors (Lipinski definition) is 4. The van der Waals surface area contributed by atoms with Crippen molar-refractivity contribution in [1.82, 2.24) is 4.90 Å². The average molecular weight is 332 g/mol. The van der Waals surface area contributed by atoms with Crippen LogP contribution in [0.25, 0.3) is 6.08 Å². The van der Waals surface area contributed by atoms with E-state index in [1.807, 2.05) is 42.3 Å². The Hall–Kier alpha value is -0.610. The fourth-order valence-electron chi connectivity index (χ4n) is 2.09. The summed E-state index contributed by atoms with van der Waals surface area (Å²) in [4.78, 5) is 1.86. The highest BCUT2D eigenvalue weighted by atomic mass is 79.9. The van der Waals surface area contributed by atoms with Crippen LogP contribution in [0.1, 0.15) is 16.9 Å². The van der Waals surface area contributed by atoms with Gasteiger partial charge in [-0.1, -0.05) is 24.3 Å². The molecule has 18 heavy (non-hydrogen) atoms. The summed E-state index contributed by atoms with van der Waals surface area (Å²) in [5.41, 5.74) is 1.96. The van der Waals surface area contributed by atoms with E-state index in [1.165, 1.54) is 14.2 Å². The van der Waals surface area contributed by atoms with Crippen molar-refractivity contribution in [3.63, 3.8) is 0 Å². The lowest BCUT2D eigenvalue weighted by molar-refractivity contribution is 0.234. The van der Waals surface area contributed by atoms with Crippen LogP contribution < -0.4 is 0 Å². The van der Waals surface area contributed by atoms with Crippen molar-refractivity contribution in [2.45, 2.75) is 5.78 Å². The second kappa shape index (κ2) is 5.17. The zero-order chi connectivity index (χ0) is 13.3. The molecular formula is C12H15BrNO3P. The third-order valence-electron chi connectivity index (χ3n) is 3.06. The Morgan fingerprint density at radius 1 is 1.28 bits per heavy atom. The maximum atomic E-state index is 12.7. The minimum Gasteiger partial charge on any atom is -0.351 e. The Labute approximate surface area is 115 Å². The molecule has 1 aromatic rings. The molecule has 0 spiro atoms. The second-order valence-electron chi connectivity index (χ2n) is 3.99. The van der Waals surface area contributed by atoms with Gasteiger partial charge in [-0.25, -0.2) is 0 Å². The quantitative estimate of drug-likeness (QED) is 0.623. The van der Waals surface area contributed by atoms with Crippen LogP contribution in [0.4, 0.5) is 0 Å². The standard InChI is InChI=1S/C12H15BrNO3P/c1-14-11(13)8-9-6-4-5-7-10(9)12(14)18(15,16-2)17-3/h4-8,12H,1-3H3. The third-order valence-corrected chi connectivity index (χ3v) is 6.09. The number of benzene rings is 1. The smallest absolute Gasteiger partial charge is 0.351 e. The summed E-state index contributed by atoms with van der Waals surface area (Å²) in [6.07, 6.45) is 1.99. The zero-order valence-corrected chi connectivity index (χ0v) is 12.9. The van der Waals surface area contributed by atoms with Crippen LogP contribution in [0.15, 0.2) is 28.9 Å². The van der Waals surface area contributed by atoms with Gasteiger partial charge in [-0.2, -0.15) is 0 Å². The van der Waals surface area contributed by atoms with Gasteiger partial charge in [0.1, 0.15) is 0 Å². The van der Waals surface area contributed by atoms with E-state index in [0.717, 1.165) is 15.7 Å². The van der Waals surface area contributed by atoms with E-state index in [1.54, 1.807) is 0 Å². The van der Waals surface area contributed by atoms with Crippen molar-refractivity contribution in [2.75, 3.05) is 21.3 Å². The molecule has 0 bridgehead atoms. The van der Waals surface area contributed by atoms with Crippen molar-refractivity contribution in [1.29, 1.82) is 0 Å². The van der Waals surface area contributed by atoms with Gasteiger partial charge in [-0.3, -0.25) is 4.57 Å². The maximum Gasteiger partial charge on any atom is 0.356 e. The number of fused-ring (bicyclic) bond motifs is 1. The monoisotopic (exact) mass is 331 g/mol. The zero-order valence-electron chi connectivity index (χ0n) is 10.5. The molecule has 0 aromatic heterocycles. The largest absolute Gasteiger partial charge is 0.356 e. The van der Waals surface area contributed by atoms with E-state index < -0.39 is 13.4 Å². The molecule has 0 saturated carbocycles. The molecule has 1 aliphatic heterocycles. The van der Waals surface area contributed by atoms with Gasteiger partial charge < -0.3 is 13.9 Å². The van der Waals surface area contributed by atoms with Gasteiger partial charge in [-0.15, -0.1) is 0 Å². The molecule has 0 aliphatic carbocycles. The SMILES string of the molecule is COP(=O)(OC)C1c2ccccc2C=C(Br)N1C. The fourth-order valence-corrected chi connectivity index (χ4v) is 4.37. The van der Waals surface area contributed by atoms with Crippen LogP contribution in [-0.2, 0) is 13.6 Å². The van der Waals surface area contributed by atoms with Gasteiger partial charge in [0.15, 0.2) is 5.78 Å². The fraction of sp³-hybridized carbons (Fsp3) is 0.333. The van der Waals surface area contributed by atoms with Crippen molar-refractivity contribution >= 4 is 29.6 Å². The molecule has 0 saturated heterocycles. The Bertz CT molecular complexity index is 524. The van der Waals surface area contributed by atoms with Crippen LogP contribution in [0.5, 0.6) is 0 Å².